The van der Waals surface area contributed by atoms with Gasteiger partial charge in [0.05, 0.1) is 6.54 Å². The topological polar surface area (TPSA) is 57.7 Å². The summed E-state index contributed by atoms with van der Waals surface area (Å²) < 4.78 is 5.60. The minimum absolute atomic E-state index is 0. The molecule has 5 nitrogen and oxygen atoms in total. The first-order chi connectivity index (χ1) is 12.2. The zero-order chi connectivity index (χ0) is 18.0. The zero-order valence-corrected chi connectivity index (χ0v) is 18.3. The van der Waals surface area contributed by atoms with Crippen molar-refractivity contribution < 1.29 is 4.74 Å². The number of nitrogens with zero attached hydrogens (tertiary/aromatic N) is 1. The lowest BCUT2D eigenvalue weighted by Gasteiger charge is -2.39. The number of rotatable bonds is 8. The molecule has 0 aromatic heterocycles. The number of nitrogens with one attached hydrogen (secondary N) is 3. The molecule has 0 spiro atoms. The summed E-state index contributed by atoms with van der Waals surface area (Å²) in [7, 11) is 0. The van der Waals surface area contributed by atoms with Crippen molar-refractivity contribution in [1.82, 2.24) is 16.0 Å². The molecule has 0 saturated carbocycles. The maximum Gasteiger partial charge on any atom is 0.191 e. The maximum absolute atomic E-state index is 5.60. The van der Waals surface area contributed by atoms with Crippen LogP contribution in [0, 0.1) is 0 Å². The van der Waals surface area contributed by atoms with Gasteiger partial charge in [-0.2, -0.15) is 0 Å². The number of aliphatic imine (C=N–C) groups is 1. The minimum Gasteiger partial charge on any atom is -0.381 e. The Labute approximate surface area is 175 Å². The second kappa shape index (κ2) is 12.3. The van der Waals surface area contributed by atoms with Gasteiger partial charge in [0, 0.05) is 37.9 Å². The molecule has 1 atom stereocenters. The molecule has 1 aliphatic heterocycles. The van der Waals surface area contributed by atoms with Crippen molar-refractivity contribution in [2.24, 2.45) is 4.99 Å². The summed E-state index contributed by atoms with van der Waals surface area (Å²) in [6.07, 6.45) is 3.77. The van der Waals surface area contributed by atoms with Crippen molar-refractivity contribution >= 4 is 29.9 Å². The van der Waals surface area contributed by atoms with Crippen molar-refractivity contribution in [3.63, 3.8) is 0 Å². The lowest BCUT2D eigenvalue weighted by molar-refractivity contribution is 0.0374. The third-order valence-corrected chi connectivity index (χ3v) is 4.57. The number of benzene rings is 1. The fourth-order valence-corrected chi connectivity index (χ4v) is 3.14. The third-order valence-electron chi connectivity index (χ3n) is 4.57. The molecule has 26 heavy (non-hydrogen) atoms. The Hall–Kier alpha value is -1.12. The van der Waals surface area contributed by atoms with Crippen molar-refractivity contribution in [2.45, 2.75) is 38.3 Å². The van der Waals surface area contributed by atoms with Crippen LogP contribution in [0.1, 0.15) is 38.3 Å². The highest BCUT2D eigenvalue weighted by atomic mass is 127. The highest BCUT2D eigenvalue weighted by molar-refractivity contribution is 14.0. The molecule has 0 bridgehead atoms. The van der Waals surface area contributed by atoms with Crippen LogP contribution in [0.15, 0.2) is 48.0 Å². The van der Waals surface area contributed by atoms with E-state index in [1.54, 1.807) is 0 Å². The molecule has 6 heteroatoms. The Bertz CT molecular complexity index is 544. The first-order valence-corrected chi connectivity index (χ1v) is 9.22. The highest BCUT2D eigenvalue weighted by Gasteiger charge is 2.33. The summed E-state index contributed by atoms with van der Waals surface area (Å²) in [5.41, 5.74) is 1.26. The minimum atomic E-state index is -0.0377. The second-order valence-corrected chi connectivity index (χ2v) is 6.53. The molecule has 1 aromatic rings. The largest absolute Gasteiger partial charge is 0.381 e. The smallest absolute Gasteiger partial charge is 0.191 e. The van der Waals surface area contributed by atoms with E-state index < -0.39 is 0 Å². The van der Waals surface area contributed by atoms with Gasteiger partial charge in [-0.25, -0.2) is 0 Å². The van der Waals surface area contributed by atoms with Gasteiger partial charge in [-0.1, -0.05) is 36.4 Å². The predicted octanol–water partition coefficient (Wildman–Crippen LogP) is 3.25. The number of guanidine groups is 1. The van der Waals surface area contributed by atoms with Crippen molar-refractivity contribution in [3.8, 4) is 0 Å². The van der Waals surface area contributed by atoms with Crippen LogP contribution >= 0.6 is 24.0 Å². The van der Waals surface area contributed by atoms with Gasteiger partial charge in [0.15, 0.2) is 5.96 Å². The molecule has 1 aromatic carbocycles. The van der Waals surface area contributed by atoms with E-state index in [0.29, 0.717) is 6.54 Å². The molecule has 1 fully saturated rings. The van der Waals surface area contributed by atoms with Gasteiger partial charge in [0.2, 0.25) is 0 Å². The Morgan fingerprint density at radius 2 is 1.96 bits per heavy atom. The summed E-state index contributed by atoms with van der Waals surface area (Å²) in [6, 6.07) is 10.8. The van der Waals surface area contributed by atoms with Gasteiger partial charge in [0.25, 0.3) is 0 Å². The maximum atomic E-state index is 5.60. The second-order valence-electron chi connectivity index (χ2n) is 6.53. The third kappa shape index (κ3) is 7.25. The van der Waals surface area contributed by atoms with Crippen LogP contribution in [0.4, 0.5) is 0 Å². The number of hydrogen-bond acceptors (Lipinski definition) is 3. The summed E-state index contributed by atoms with van der Waals surface area (Å²) in [4.78, 5) is 4.82. The van der Waals surface area contributed by atoms with E-state index in [1.165, 1.54) is 5.56 Å². The van der Waals surface area contributed by atoms with Crippen LogP contribution in [0.5, 0.6) is 0 Å². The molecule has 1 unspecified atom stereocenters. The number of hydrogen-bond donors (Lipinski definition) is 3. The van der Waals surface area contributed by atoms with E-state index in [2.05, 4.69) is 66.7 Å². The lowest BCUT2D eigenvalue weighted by atomic mass is 9.88. The molecule has 0 aliphatic carbocycles. The zero-order valence-electron chi connectivity index (χ0n) is 16.0. The van der Waals surface area contributed by atoms with Crippen LogP contribution in [0.25, 0.3) is 0 Å². The average Bonchev–Trinajstić information content (AvgIpc) is 2.65. The average molecular weight is 472 g/mol. The summed E-state index contributed by atoms with van der Waals surface area (Å²) in [5.74, 6) is 0.836. The van der Waals surface area contributed by atoms with Gasteiger partial charge in [-0.05, 0) is 32.3 Å². The van der Waals surface area contributed by atoms with Crippen LogP contribution < -0.4 is 16.0 Å². The molecule has 1 aliphatic rings. The normalized spacial score (nSPS) is 17.7. The Kier molecular flexibility index (Phi) is 10.8. The van der Waals surface area contributed by atoms with Crippen LogP contribution in [-0.4, -0.2) is 44.3 Å². The molecule has 3 N–H and O–H groups in total. The number of ether oxygens (including phenoxy) is 1. The fourth-order valence-electron chi connectivity index (χ4n) is 3.14. The van der Waals surface area contributed by atoms with Gasteiger partial charge < -0.3 is 20.7 Å². The van der Waals surface area contributed by atoms with Crippen LogP contribution in [0.2, 0.25) is 0 Å². The number of halogens is 1. The summed E-state index contributed by atoms with van der Waals surface area (Å²) in [6.45, 7) is 11.9. The van der Waals surface area contributed by atoms with Crippen molar-refractivity contribution in [2.75, 3.05) is 32.8 Å². The van der Waals surface area contributed by atoms with Crippen molar-refractivity contribution in [3.05, 3.63) is 48.6 Å². The predicted molar refractivity (Wildman–Crippen MR) is 120 cm³/mol. The Balaban J connectivity index is 0.00000338. The fraction of sp³-hybridized carbons (Fsp3) is 0.550. The van der Waals surface area contributed by atoms with Crippen LogP contribution in [-0.2, 0) is 4.74 Å². The van der Waals surface area contributed by atoms with E-state index in [9.17, 15) is 0 Å². The van der Waals surface area contributed by atoms with Gasteiger partial charge in [-0.15, -0.1) is 30.6 Å². The Morgan fingerprint density at radius 1 is 1.27 bits per heavy atom. The molecule has 1 saturated heterocycles. The summed E-state index contributed by atoms with van der Waals surface area (Å²) >= 11 is 0. The molecule has 0 radical (unpaired) electrons. The van der Waals surface area contributed by atoms with E-state index in [1.807, 2.05) is 6.08 Å². The van der Waals surface area contributed by atoms with Gasteiger partial charge >= 0.3 is 0 Å². The molecule has 2 rings (SSSR count). The standard InChI is InChI=1S/C20H32N4O.HI/c1-4-13-22-19(21-5-2)23-16-20(11-14-25-15-12-20)24-17(3)18-9-7-6-8-10-18;/h4,6-10,17,24H,1,5,11-16H2,2-3H3,(H2,21,22,23);1H. The molecule has 146 valence electrons. The van der Waals surface area contributed by atoms with Gasteiger partial charge in [0.1, 0.15) is 0 Å². The SMILES string of the molecule is C=CCNC(=NCC1(NC(C)c2ccccc2)CCOCC1)NCC.I. The molecular formula is C20H33IN4O. The lowest BCUT2D eigenvalue weighted by Crippen LogP contribution is -2.53. The Morgan fingerprint density at radius 3 is 2.58 bits per heavy atom. The first kappa shape index (κ1) is 22.9. The van der Waals surface area contributed by atoms with Crippen LogP contribution in [0.3, 0.4) is 0 Å². The van der Waals surface area contributed by atoms with E-state index in [0.717, 1.165) is 45.1 Å². The van der Waals surface area contributed by atoms with E-state index >= 15 is 0 Å². The summed E-state index contributed by atoms with van der Waals surface area (Å²) in [5, 5.41) is 10.4. The van der Waals surface area contributed by atoms with E-state index in [-0.39, 0.29) is 35.6 Å². The quantitative estimate of drug-likeness (QED) is 0.235. The molecule has 1 heterocycles. The van der Waals surface area contributed by atoms with E-state index in [4.69, 9.17) is 9.73 Å². The molecule has 0 amide bonds. The monoisotopic (exact) mass is 472 g/mol. The highest BCUT2D eigenvalue weighted by Crippen LogP contribution is 2.25. The molecular weight excluding hydrogens is 439 g/mol. The van der Waals surface area contributed by atoms with Gasteiger partial charge in [-0.3, -0.25) is 4.99 Å². The van der Waals surface area contributed by atoms with Crippen molar-refractivity contribution in [1.29, 1.82) is 0 Å². The first-order valence-electron chi connectivity index (χ1n) is 9.22.